The highest BCUT2D eigenvalue weighted by Crippen LogP contribution is 2.38. The maximum absolute atomic E-state index is 14.5. The van der Waals surface area contributed by atoms with E-state index in [1.54, 1.807) is 12.1 Å². The summed E-state index contributed by atoms with van der Waals surface area (Å²) in [5, 5.41) is 41.1. The van der Waals surface area contributed by atoms with E-state index in [1.807, 2.05) is 0 Å². The first-order chi connectivity index (χ1) is 21.1. The minimum atomic E-state index is -1.43. The summed E-state index contributed by atoms with van der Waals surface area (Å²) in [5.74, 6) is -3.29. The number of halogens is 4. The van der Waals surface area contributed by atoms with Crippen LogP contribution >= 0.6 is 23.2 Å². The average molecular weight is 657 g/mol. The van der Waals surface area contributed by atoms with Crippen LogP contribution in [0.5, 0.6) is 5.75 Å². The van der Waals surface area contributed by atoms with E-state index in [0.29, 0.717) is 18.5 Å². The molecular formula is C29H32Cl2F2N4O7. The number of benzene rings is 2. The van der Waals surface area contributed by atoms with E-state index in [9.17, 15) is 28.9 Å². The van der Waals surface area contributed by atoms with Gasteiger partial charge in [-0.05, 0) is 43.2 Å². The van der Waals surface area contributed by atoms with E-state index < -0.39 is 66.8 Å². The van der Waals surface area contributed by atoms with Gasteiger partial charge in [-0.25, -0.2) is 9.07 Å². The Morgan fingerprint density at radius 2 is 1.82 bits per heavy atom. The molecule has 1 aromatic heterocycles. The lowest BCUT2D eigenvalue weighted by Crippen LogP contribution is -2.63. The number of ether oxygens (including phenoxy) is 3. The van der Waals surface area contributed by atoms with Crippen molar-refractivity contribution in [2.45, 2.75) is 68.3 Å². The molecule has 7 atom stereocenters. The Hall–Kier alpha value is -2.91. The number of rotatable bonds is 8. The molecule has 1 saturated carbocycles. The molecule has 5 unspecified atom stereocenters. The molecule has 5 rings (SSSR count). The van der Waals surface area contributed by atoms with Crippen molar-refractivity contribution in [3.05, 3.63) is 58.2 Å². The number of methoxy groups -OCH3 is 2. The zero-order chi connectivity index (χ0) is 31.7. The summed E-state index contributed by atoms with van der Waals surface area (Å²) in [4.78, 5) is 15.9. The van der Waals surface area contributed by atoms with Gasteiger partial charge in [0.15, 0.2) is 17.7 Å². The molecular weight excluding hydrogens is 625 g/mol. The lowest BCUT2D eigenvalue weighted by Gasteiger charge is -2.46. The number of anilines is 1. The maximum atomic E-state index is 14.5. The molecule has 238 valence electrons. The summed E-state index contributed by atoms with van der Waals surface area (Å²) in [7, 11) is 2.51. The first kappa shape index (κ1) is 32.5. The second-order valence-electron chi connectivity index (χ2n) is 10.8. The highest BCUT2D eigenvalue weighted by molar-refractivity contribution is 6.35. The molecule has 3 N–H and O–H groups in total. The summed E-state index contributed by atoms with van der Waals surface area (Å²) in [6.07, 6.45) is -2.26. The van der Waals surface area contributed by atoms with Crippen LogP contribution in [0.2, 0.25) is 10.0 Å². The minimum Gasteiger partial charge on any atom is -0.494 e. The minimum absolute atomic E-state index is 0.111. The number of hydrogen-bond acceptors (Lipinski definition) is 9. The van der Waals surface area contributed by atoms with Crippen LogP contribution in [0.1, 0.15) is 31.7 Å². The normalized spacial score (nSPS) is 27.2. The van der Waals surface area contributed by atoms with Gasteiger partial charge in [-0.3, -0.25) is 4.79 Å². The summed E-state index contributed by atoms with van der Waals surface area (Å²) < 4.78 is 46.1. The van der Waals surface area contributed by atoms with Crippen LogP contribution in [-0.2, 0) is 14.3 Å². The Balaban J connectivity index is 1.55. The number of aromatic nitrogens is 3. The average Bonchev–Trinajstić information content (AvgIpc) is 3.48. The van der Waals surface area contributed by atoms with E-state index >= 15 is 0 Å². The first-order valence-electron chi connectivity index (χ1n) is 14.0. The predicted octanol–water partition coefficient (Wildman–Crippen LogP) is 3.55. The molecule has 0 bridgehead atoms. The number of aliphatic hydroxyl groups excluding tert-OH is 3. The van der Waals surface area contributed by atoms with Gasteiger partial charge < -0.3 is 34.4 Å². The zero-order valence-electron chi connectivity index (χ0n) is 23.8. The van der Waals surface area contributed by atoms with Crippen molar-refractivity contribution < 1.29 is 43.1 Å². The summed E-state index contributed by atoms with van der Waals surface area (Å²) >= 11 is 12.6. The van der Waals surface area contributed by atoms with Crippen LogP contribution in [0.25, 0.3) is 11.3 Å². The van der Waals surface area contributed by atoms with Crippen LogP contribution in [0.15, 0.2) is 36.5 Å². The van der Waals surface area contributed by atoms with Gasteiger partial charge in [0.05, 0.1) is 32.1 Å². The Bertz CT molecular complexity index is 1480. The number of carbonyl (C=O) groups excluding carboxylic acids is 1. The Kier molecular flexibility index (Phi) is 10.0. The molecule has 2 aliphatic rings. The highest BCUT2D eigenvalue weighted by atomic mass is 35.5. The Morgan fingerprint density at radius 3 is 2.45 bits per heavy atom. The van der Waals surface area contributed by atoms with Gasteiger partial charge in [0, 0.05) is 28.4 Å². The van der Waals surface area contributed by atoms with Crippen molar-refractivity contribution in [1.29, 1.82) is 0 Å². The van der Waals surface area contributed by atoms with Crippen molar-refractivity contribution in [3.8, 4) is 17.0 Å². The number of hydrogen-bond donors (Lipinski definition) is 3. The van der Waals surface area contributed by atoms with Gasteiger partial charge in [0.25, 0.3) is 5.91 Å². The SMILES string of the molecule is COc1cc(-c2cn(C3C(O)C(CO)OC(C(=O)N(c4cc(Cl)cc(Cl)c4)[C@H]4CCCC[C@@H]4O)C3OC)nn2)cc(F)c1F. The Labute approximate surface area is 261 Å². The summed E-state index contributed by atoms with van der Waals surface area (Å²) in [6.45, 7) is -0.658. The van der Waals surface area contributed by atoms with Gasteiger partial charge in [0.2, 0.25) is 5.82 Å². The summed E-state index contributed by atoms with van der Waals surface area (Å²) in [5.41, 5.74) is 0.583. The van der Waals surface area contributed by atoms with Crippen LogP contribution in [-0.4, -0.2) is 93.6 Å². The van der Waals surface area contributed by atoms with Crippen molar-refractivity contribution in [2.24, 2.45) is 0 Å². The Morgan fingerprint density at radius 1 is 1.11 bits per heavy atom. The quantitative estimate of drug-likeness (QED) is 0.332. The second kappa shape index (κ2) is 13.6. The molecule has 0 spiro atoms. The predicted molar refractivity (Wildman–Crippen MR) is 156 cm³/mol. The van der Waals surface area contributed by atoms with Gasteiger partial charge in [-0.1, -0.05) is 41.3 Å². The van der Waals surface area contributed by atoms with E-state index in [1.165, 1.54) is 42.1 Å². The summed E-state index contributed by atoms with van der Waals surface area (Å²) in [6, 6.07) is 5.00. The van der Waals surface area contributed by atoms with Crippen LogP contribution in [0, 0.1) is 11.6 Å². The van der Waals surface area contributed by atoms with Gasteiger partial charge >= 0.3 is 0 Å². The second-order valence-corrected chi connectivity index (χ2v) is 11.6. The van der Waals surface area contributed by atoms with Gasteiger partial charge in [0.1, 0.15) is 30.0 Å². The fourth-order valence-corrected chi connectivity index (χ4v) is 6.48. The number of nitrogens with zero attached hydrogens (tertiary/aromatic N) is 4. The van der Waals surface area contributed by atoms with Crippen molar-refractivity contribution >= 4 is 34.8 Å². The third-order valence-electron chi connectivity index (χ3n) is 8.10. The maximum Gasteiger partial charge on any atom is 0.259 e. The van der Waals surface area contributed by atoms with E-state index in [2.05, 4.69) is 10.3 Å². The van der Waals surface area contributed by atoms with Crippen molar-refractivity contribution in [1.82, 2.24) is 15.0 Å². The fourth-order valence-electron chi connectivity index (χ4n) is 5.96. The topological polar surface area (TPSA) is 139 Å². The number of carbonyl (C=O) groups is 1. The fraction of sp³-hybridized carbons (Fsp3) is 0.483. The molecule has 3 aromatic rings. The molecule has 2 aromatic carbocycles. The molecule has 15 heteroatoms. The lowest BCUT2D eigenvalue weighted by atomic mass is 9.88. The molecule has 1 amide bonds. The van der Waals surface area contributed by atoms with Crippen molar-refractivity contribution in [3.63, 3.8) is 0 Å². The molecule has 0 radical (unpaired) electrons. The van der Waals surface area contributed by atoms with Gasteiger partial charge in [-0.15, -0.1) is 5.10 Å². The lowest BCUT2D eigenvalue weighted by molar-refractivity contribution is -0.211. The first-order valence-corrected chi connectivity index (χ1v) is 14.7. The third kappa shape index (κ3) is 6.27. The van der Waals surface area contributed by atoms with E-state index in [-0.39, 0.29) is 27.1 Å². The number of amides is 1. The van der Waals surface area contributed by atoms with Crippen LogP contribution in [0.3, 0.4) is 0 Å². The molecule has 1 aliphatic heterocycles. The van der Waals surface area contributed by atoms with Crippen LogP contribution < -0.4 is 9.64 Å². The molecule has 1 aliphatic carbocycles. The molecule has 1 saturated heterocycles. The number of aliphatic hydroxyl groups is 3. The smallest absolute Gasteiger partial charge is 0.259 e. The third-order valence-corrected chi connectivity index (χ3v) is 8.53. The standard InChI is InChI=1S/C29H32Cl2F2N4O7/c1-42-22-8-14(7-18(32)24(22)33)19-12-36(35-34-19)25-26(40)23(13-38)44-28(27(25)43-2)29(41)37(20-5-3-4-6-21(20)39)17-10-15(30)9-16(31)11-17/h7-12,20-21,23,25-28,38-40H,3-6,13H2,1-2H3/t20-,21-,23?,25?,26?,27?,28?/m0/s1. The van der Waals surface area contributed by atoms with E-state index in [4.69, 9.17) is 37.4 Å². The zero-order valence-corrected chi connectivity index (χ0v) is 25.3. The van der Waals surface area contributed by atoms with Gasteiger partial charge in [-0.2, -0.15) is 4.39 Å². The monoisotopic (exact) mass is 656 g/mol. The van der Waals surface area contributed by atoms with Crippen molar-refractivity contribution in [2.75, 3.05) is 25.7 Å². The molecule has 44 heavy (non-hydrogen) atoms. The molecule has 11 nitrogen and oxygen atoms in total. The van der Waals surface area contributed by atoms with Crippen LogP contribution in [0.4, 0.5) is 14.5 Å². The molecule has 2 fully saturated rings. The largest absolute Gasteiger partial charge is 0.494 e. The highest BCUT2D eigenvalue weighted by Gasteiger charge is 2.52. The van der Waals surface area contributed by atoms with E-state index in [0.717, 1.165) is 18.9 Å². The molecule has 2 heterocycles.